The van der Waals surface area contributed by atoms with Gasteiger partial charge in [-0.1, -0.05) is 5.10 Å². The summed E-state index contributed by atoms with van der Waals surface area (Å²) < 4.78 is 4.97. The number of nitrogens with one attached hydrogen (secondary N) is 1. The van der Waals surface area contributed by atoms with Gasteiger partial charge in [-0.15, -0.1) is 5.10 Å². The Morgan fingerprint density at radius 2 is 2.25 bits per heavy atom. The molecule has 0 bridgehead atoms. The van der Waals surface area contributed by atoms with Crippen LogP contribution in [0, 0.1) is 6.92 Å². The summed E-state index contributed by atoms with van der Waals surface area (Å²) in [4.78, 5) is 15.3. The first-order valence-corrected chi connectivity index (χ1v) is 4.40. The molecule has 0 unspecified atom stereocenters. The summed E-state index contributed by atoms with van der Waals surface area (Å²) in [6, 6.07) is 1.29. The molecule has 2 heterocycles. The Hall–Kier alpha value is -2.44. The number of hydrogen-bond donors (Lipinski definition) is 2. The van der Waals surface area contributed by atoms with Crippen molar-refractivity contribution < 1.29 is 14.3 Å². The van der Waals surface area contributed by atoms with Crippen LogP contribution in [-0.2, 0) is 0 Å². The van der Waals surface area contributed by atoms with Crippen LogP contribution in [0.5, 0.6) is 5.75 Å². The van der Waals surface area contributed by atoms with Crippen molar-refractivity contribution in [2.75, 3.05) is 5.32 Å². The fourth-order valence-electron chi connectivity index (χ4n) is 1.07. The monoisotopic (exact) mass is 220 g/mol. The van der Waals surface area contributed by atoms with Crippen molar-refractivity contribution in [3.8, 4) is 5.75 Å². The smallest absolute Gasteiger partial charge is 0.322 e. The summed E-state index contributed by atoms with van der Waals surface area (Å²) in [5.74, 6) is -0.217. The van der Waals surface area contributed by atoms with Crippen LogP contribution in [0.2, 0.25) is 0 Å². The molecule has 2 N–H and O–H groups in total. The quantitative estimate of drug-likeness (QED) is 0.773. The Balaban J connectivity index is 2.14. The van der Waals surface area contributed by atoms with Crippen LogP contribution < -0.4 is 5.32 Å². The van der Waals surface area contributed by atoms with Gasteiger partial charge in [0.05, 0.1) is 11.8 Å². The van der Waals surface area contributed by atoms with E-state index in [1.807, 2.05) is 0 Å². The van der Waals surface area contributed by atoms with Gasteiger partial charge < -0.3 is 9.52 Å². The minimum Gasteiger partial charge on any atom is -0.506 e. The summed E-state index contributed by atoms with van der Waals surface area (Å²) in [5, 5.41) is 18.7. The topological polar surface area (TPSA) is 101 Å². The van der Waals surface area contributed by atoms with Crippen molar-refractivity contribution in [2.24, 2.45) is 0 Å². The SMILES string of the molecule is Cc1nnc(NC(=O)c2cncc(O)c2)o1. The molecular weight excluding hydrogens is 212 g/mol. The van der Waals surface area contributed by atoms with Crippen LogP contribution in [0.3, 0.4) is 0 Å². The van der Waals surface area contributed by atoms with Gasteiger partial charge in [0.15, 0.2) is 0 Å². The normalized spacial score (nSPS) is 10.1. The Labute approximate surface area is 90.1 Å². The molecule has 0 aliphatic carbocycles. The van der Waals surface area contributed by atoms with E-state index < -0.39 is 5.91 Å². The van der Waals surface area contributed by atoms with E-state index in [4.69, 9.17) is 9.52 Å². The fourth-order valence-corrected chi connectivity index (χ4v) is 1.07. The van der Waals surface area contributed by atoms with E-state index >= 15 is 0 Å². The van der Waals surface area contributed by atoms with Gasteiger partial charge in [0.25, 0.3) is 5.91 Å². The van der Waals surface area contributed by atoms with E-state index in [2.05, 4.69) is 20.5 Å². The summed E-state index contributed by atoms with van der Waals surface area (Å²) in [7, 11) is 0. The van der Waals surface area contributed by atoms with Crippen molar-refractivity contribution >= 4 is 11.9 Å². The Morgan fingerprint density at radius 1 is 1.44 bits per heavy atom. The molecule has 7 heteroatoms. The van der Waals surface area contributed by atoms with Gasteiger partial charge in [-0.2, -0.15) is 0 Å². The number of nitrogens with zero attached hydrogens (tertiary/aromatic N) is 3. The number of aromatic hydroxyl groups is 1. The van der Waals surface area contributed by atoms with Crippen LogP contribution in [0.25, 0.3) is 0 Å². The van der Waals surface area contributed by atoms with Crippen LogP contribution in [0.15, 0.2) is 22.9 Å². The number of carbonyl (C=O) groups excluding carboxylic acids is 1. The lowest BCUT2D eigenvalue weighted by Gasteiger charge is -1.99. The van der Waals surface area contributed by atoms with E-state index in [0.29, 0.717) is 5.89 Å². The number of rotatable bonds is 2. The largest absolute Gasteiger partial charge is 0.506 e. The molecular formula is C9H8N4O3. The van der Waals surface area contributed by atoms with E-state index in [-0.39, 0.29) is 17.3 Å². The zero-order valence-corrected chi connectivity index (χ0v) is 8.34. The molecule has 2 aromatic heterocycles. The molecule has 0 aliphatic rings. The number of anilines is 1. The summed E-state index contributed by atoms with van der Waals surface area (Å²) in [5.41, 5.74) is 0.204. The van der Waals surface area contributed by atoms with Crippen LogP contribution >= 0.6 is 0 Å². The van der Waals surface area contributed by atoms with Crippen LogP contribution in [-0.4, -0.2) is 26.2 Å². The highest BCUT2D eigenvalue weighted by Gasteiger charge is 2.10. The minimum atomic E-state index is -0.480. The molecule has 1 amide bonds. The summed E-state index contributed by atoms with van der Waals surface area (Å²) in [6.07, 6.45) is 2.55. The molecule has 0 saturated heterocycles. The molecule has 0 radical (unpaired) electrons. The molecule has 16 heavy (non-hydrogen) atoms. The molecule has 2 aromatic rings. The molecule has 0 aliphatic heterocycles. The lowest BCUT2D eigenvalue weighted by molar-refractivity contribution is 0.102. The fraction of sp³-hybridized carbons (Fsp3) is 0.111. The lowest BCUT2D eigenvalue weighted by Crippen LogP contribution is -2.12. The third kappa shape index (κ3) is 2.14. The molecule has 0 aromatic carbocycles. The van der Waals surface area contributed by atoms with E-state index in [1.165, 1.54) is 18.5 Å². The Bertz CT molecular complexity index is 523. The van der Waals surface area contributed by atoms with E-state index in [1.54, 1.807) is 6.92 Å². The third-order valence-corrected chi connectivity index (χ3v) is 1.73. The van der Waals surface area contributed by atoms with Crippen molar-refractivity contribution in [1.29, 1.82) is 0 Å². The van der Waals surface area contributed by atoms with E-state index in [0.717, 1.165) is 0 Å². The summed E-state index contributed by atoms with van der Waals surface area (Å²) >= 11 is 0. The predicted molar refractivity (Wildman–Crippen MR) is 52.9 cm³/mol. The van der Waals surface area contributed by atoms with Crippen molar-refractivity contribution in [3.63, 3.8) is 0 Å². The first-order valence-electron chi connectivity index (χ1n) is 4.40. The maximum absolute atomic E-state index is 11.6. The van der Waals surface area contributed by atoms with E-state index in [9.17, 15) is 4.79 Å². The highest BCUT2D eigenvalue weighted by Crippen LogP contribution is 2.11. The maximum Gasteiger partial charge on any atom is 0.322 e. The molecule has 7 nitrogen and oxygen atoms in total. The van der Waals surface area contributed by atoms with Gasteiger partial charge in [0.2, 0.25) is 5.89 Å². The summed E-state index contributed by atoms with van der Waals surface area (Å²) in [6.45, 7) is 1.61. The average molecular weight is 220 g/mol. The lowest BCUT2D eigenvalue weighted by atomic mass is 10.2. The number of hydrogen-bond acceptors (Lipinski definition) is 6. The molecule has 2 rings (SSSR count). The molecule has 82 valence electrons. The van der Waals surface area contributed by atoms with Gasteiger partial charge in [-0.05, 0) is 6.07 Å². The molecule has 0 atom stereocenters. The second kappa shape index (κ2) is 3.97. The van der Waals surface area contributed by atoms with Crippen molar-refractivity contribution in [3.05, 3.63) is 29.9 Å². The molecule has 0 saturated carbocycles. The first kappa shape index (κ1) is 10.1. The third-order valence-electron chi connectivity index (χ3n) is 1.73. The Kier molecular flexibility index (Phi) is 2.50. The second-order valence-corrected chi connectivity index (χ2v) is 3.01. The highest BCUT2D eigenvalue weighted by molar-refractivity contribution is 6.03. The number of pyridine rings is 1. The second-order valence-electron chi connectivity index (χ2n) is 3.01. The number of carbonyl (C=O) groups is 1. The first-order chi connectivity index (χ1) is 7.65. The average Bonchev–Trinajstić information content (AvgIpc) is 2.64. The zero-order chi connectivity index (χ0) is 11.5. The van der Waals surface area contributed by atoms with Crippen molar-refractivity contribution in [2.45, 2.75) is 6.92 Å². The Morgan fingerprint density at radius 3 is 2.88 bits per heavy atom. The van der Waals surface area contributed by atoms with Gasteiger partial charge in [0, 0.05) is 13.1 Å². The molecule has 0 fully saturated rings. The van der Waals surface area contributed by atoms with Gasteiger partial charge in [0.1, 0.15) is 5.75 Å². The standard InChI is InChI=1S/C9H8N4O3/c1-5-12-13-9(16-5)11-8(15)6-2-7(14)4-10-3-6/h2-4,14H,1H3,(H,11,13,15). The van der Waals surface area contributed by atoms with Crippen LogP contribution in [0.4, 0.5) is 6.01 Å². The van der Waals surface area contributed by atoms with Gasteiger partial charge in [-0.3, -0.25) is 15.1 Å². The van der Waals surface area contributed by atoms with Crippen molar-refractivity contribution in [1.82, 2.24) is 15.2 Å². The maximum atomic E-state index is 11.6. The number of aryl methyl sites for hydroxylation is 1. The highest BCUT2D eigenvalue weighted by atomic mass is 16.4. The van der Waals surface area contributed by atoms with Gasteiger partial charge >= 0.3 is 6.01 Å². The number of amides is 1. The zero-order valence-electron chi connectivity index (χ0n) is 8.34. The van der Waals surface area contributed by atoms with Gasteiger partial charge in [-0.25, -0.2) is 0 Å². The molecule has 0 spiro atoms. The number of aromatic nitrogens is 3. The minimum absolute atomic E-state index is 0.00541. The predicted octanol–water partition coefficient (Wildman–Crippen LogP) is 0.731. The van der Waals surface area contributed by atoms with Crippen LogP contribution in [0.1, 0.15) is 16.2 Å².